The fourth-order valence-corrected chi connectivity index (χ4v) is 5.52. The van der Waals surface area contributed by atoms with Gasteiger partial charge in [0.1, 0.15) is 17.2 Å². The minimum absolute atomic E-state index is 0.147. The molecule has 1 fully saturated rings. The van der Waals surface area contributed by atoms with Crippen molar-refractivity contribution in [2.24, 2.45) is 0 Å². The zero-order chi connectivity index (χ0) is 24.8. The Morgan fingerprint density at radius 2 is 1.49 bits per heavy atom. The SMILES string of the molecule is CCOc1ccc(Oc2ccc(NC(=O)c3cc(S(=O)(=O)N4CCCCC4)ccc3C)cc2)cc1. The van der Waals surface area contributed by atoms with Gasteiger partial charge < -0.3 is 14.8 Å². The van der Waals surface area contributed by atoms with Crippen LogP contribution in [-0.4, -0.2) is 38.3 Å². The summed E-state index contributed by atoms with van der Waals surface area (Å²) in [7, 11) is -3.62. The van der Waals surface area contributed by atoms with Gasteiger partial charge in [0, 0.05) is 24.3 Å². The van der Waals surface area contributed by atoms with Crippen LogP contribution in [0, 0.1) is 6.92 Å². The predicted octanol–water partition coefficient (Wildman–Crippen LogP) is 5.61. The van der Waals surface area contributed by atoms with Crippen molar-refractivity contribution in [3.63, 3.8) is 0 Å². The van der Waals surface area contributed by atoms with Gasteiger partial charge in [-0.25, -0.2) is 8.42 Å². The minimum atomic E-state index is -3.62. The van der Waals surface area contributed by atoms with Crippen molar-refractivity contribution < 1.29 is 22.7 Å². The second-order valence-corrected chi connectivity index (χ2v) is 10.4. The molecule has 3 aromatic carbocycles. The maximum absolute atomic E-state index is 13.0. The number of anilines is 1. The van der Waals surface area contributed by atoms with Crippen LogP contribution < -0.4 is 14.8 Å². The number of nitrogens with zero attached hydrogens (tertiary/aromatic N) is 1. The highest BCUT2D eigenvalue weighted by molar-refractivity contribution is 7.89. The Hall–Kier alpha value is -3.36. The molecule has 1 aliphatic rings. The van der Waals surface area contributed by atoms with Crippen molar-refractivity contribution in [2.45, 2.75) is 38.0 Å². The molecule has 3 aromatic rings. The van der Waals surface area contributed by atoms with E-state index in [4.69, 9.17) is 9.47 Å². The van der Waals surface area contributed by atoms with Crippen molar-refractivity contribution in [3.8, 4) is 17.2 Å². The lowest BCUT2D eigenvalue weighted by Crippen LogP contribution is -2.35. The van der Waals surface area contributed by atoms with Crippen molar-refractivity contribution in [3.05, 3.63) is 77.9 Å². The van der Waals surface area contributed by atoms with E-state index in [1.54, 1.807) is 43.3 Å². The maximum atomic E-state index is 13.0. The first kappa shape index (κ1) is 24.8. The minimum Gasteiger partial charge on any atom is -0.494 e. The average molecular weight is 495 g/mol. The molecule has 184 valence electrons. The summed E-state index contributed by atoms with van der Waals surface area (Å²) in [4.78, 5) is 13.1. The number of ether oxygens (including phenoxy) is 2. The summed E-state index contributed by atoms with van der Waals surface area (Å²) < 4.78 is 38.9. The molecule has 0 atom stereocenters. The van der Waals surface area contributed by atoms with Gasteiger partial charge >= 0.3 is 0 Å². The molecule has 8 heteroatoms. The van der Waals surface area contributed by atoms with Crippen LogP contribution in [0.4, 0.5) is 5.69 Å². The molecule has 0 unspecified atom stereocenters. The largest absolute Gasteiger partial charge is 0.494 e. The Morgan fingerprint density at radius 1 is 0.886 bits per heavy atom. The second kappa shape index (κ2) is 10.9. The number of rotatable bonds is 8. The summed E-state index contributed by atoms with van der Waals surface area (Å²) in [6.45, 7) is 5.36. The van der Waals surface area contributed by atoms with Gasteiger partial charge in [0.05, 0.1) is 11.5 Å². The molecule has 1 heterocycles. The standard InChI is InChI=1S/C27H30N2O5S/c1-3-33-22-12-14-24(15-13-22)34-23-10-8-21(9-11-23)28-27(30)26-19-25(16-7-20(26)2)35(31,32)29-17-5-4-6-18-29/h7-16,19H,3-6,17-18H2,1-2H3,(H,28,30). The number of carbonyl (C=O) groups is 1. The summed E-state index contributed by atoms with van der Waals surface area (Å²) in [6.07, 6.45) is 2.76. The van der Waals surface area contributed by atoms with Crippen molar-refractivity contribution in [1.82, 2.24) is 4.31 Å². The topological polar surface area (TPSA) is 84.9 Å². The molecule has 1 aliphatic heterocycles. The van der Waals surface area contributed by atoms with Gasteiger partial charge in [-0.15, -0.1) is 0 Å². The van der Waals surface area contributed by atoms with Crippen LogP contribution in [0.3, 0.4) is 0 Å². The Balaban J connectivity index is 1.44. The van der Waals surface area contributed by atoms with Crippen LogP contribution in [0.15, 0.2) is 71.6 Å². The van der Waals surface area contributed by atoms with Gasteiger partial charge in [-0.3, -0.25) is 4.79 Å². The molecule has 4 rings (SSSR count). The zero-order valence-electron chi connectivity index (χ0n) is 20.0. The Kier molecular flexibility index (Phi) is 7.73. The number of carbonyl (C=O) groups excluding carboxylic acids is 1. The summed E-state index contributed by atoms with van der Waals surface area (Å²) in [6, 6.07) is 19.1. The monoisotopic (exact) mass is 494 g/mol. The molecule has 7 nitrogen and oxygen atoms in total. The Morgan fingerprint density at radius 3 is 2.11 bits per heavy atom. The quantitative estimate of drug-likeness (QED) is 0.440. The fourth-order valence-electron chi connectivity index (χ4n) is 3.97. The number of hydrogen-bond acceptors (Lipinski definition) is 5. The third kappa shape index (κ3) is 6.01. The van der Waals surface area contributed by atoms with E-state index in [9.17, 15) is 13.2 Å². The molecule has 0 radical (unpaired) electrons. The average Bonchev–Trinajstić information content (AvgIpc) is 2.87. The van der Waals surface area contributed by atoms with Gasteiger partial charge in [0.2, 0.25) is 10.0 Å². The number of benzene rings is 3. The molecule has 1 amide bonds. The highest BCUT2D eigenvalue weighted by Crippen LogP contribution is 2.26. The first-order valence-electron chi connectivity index (χ1n) is 11.8. The van der Waals surface area contributed by atoms with E-state index in [0.717, 1.165) is 25.0 Å². The van der Waals surface area contributed by atoms with Crippen LogP contribution in [0.25, 0.3) is 0 Å². The molecule has 0 saturated carbocycles. The van der Waals surface area contributed by atoms with Crippen molar-refractivity contribution in [2.75, 3.05) is 25.0 Å². The molecule has 0 aromatic heterocycles. The van der Waals surface area contributed by atoms with Gasteiger partial charge in [0.25, 0.3) is 5.91 Å². The molecule has 1 N–H and O–H groups in total. The van der Waals surface area contributed by atoms with Crippen LogP contribution in [0.1, 0.15) is 42.1 Å². The number of aryl methyl sites for hydroxylation is 1. The predicted molar refractivity (Wildman–Crippen MR) is 136 cm³/mol. The smallest absolute Gasteiger partial charge is 0.255 e. The van der Waals surface area contributed by atoms with E-state index in [0.29, 0.717) is 48.0 Å². The lowest BCUT2D eigenvalue weighted by atomic mass is 10.1. The summed E-state index contributed by atoms with van der Waals surface area (Å²) >= 11 is 0. The van der Waals surface area contributed by atoms with E-state index in [1.165, 1.54) is 10.4 Å². The van der Waals surface area contributed by atoms with Crippen LogP contribution >= 0.6 is 0 Å². The van der Waals surface area contributed by atoms with E-state index in [2.05, 4.69) is 5.32 Å². The molecule has 0 bridgehead atoms. The van der Waals surface area contributed by atoms with E-state index in [1.807, 2.05) is 31.2 Å². The van der Waals surface area contributed by atoms with E-state index in [-0.39, 0.29) is 10.8 Å². The van der Waals surface area contributed by atoms with Crippen molar-refractivity contribution in [1.29, 1.82) is 0 Å². The third-order valence-electron chi connectivity index (χ3n) is 5.89. The first-order valence-corrected chi connectivity index (χ1v) is 13.2. The van der Waals surface area contributed by atoms with Gasteiger partial charge in [-0.05, 0) is 92.9 Å². The molecule has 0 aliphatic carbocycles. The van der Waals surface area contributed by atoms with Gasteiger partial charge in [-0.2, -0.15) is 4.31 Å². The number of piperidine rings is 1. The number of nitrogens with one attached hydrogen (secondary N) is 1. The first-order chi connectivity index (χ1) is 16.9. The molecule has 1 saturated heterocycles. The molecule has 35 heavy (non-hydrogen) atoms. The van der Waals surface area contributed by atoms with E-state index < -0.39 is 10.0 Å². The molecular formula is C27H30N2O5S. The van der Waals surface area contributed by atoms with Crippen molar-refractivity contribution >= 4 is 21.6 Å². The highest BCUT2D eigenvalue weighted by atomic mass is 32.2. The van der Waals surface area contributed by atoms with Crippen LogP contribution in [-0.2, 0) is 10.0 Å². The summed E-state index contributed by atoms with van der Waals surface area (Å²) in [5.74, 6) is 1.71. The Bertz CT molecular complexity index is 1270. The van der Waals surface area contributed by atoms with E-state index >= 15 is 0 Å². The van der Waals surface area contributed by atoms with Crippen LogP contribution in [0.5, 0.6) is 17.2 Å². The number of hydrogen-bond donors (Lipinski definition) is 1. The number of sulfonamides is 1. The summed E-state index contributed by atoms with van der Waals surface area (Å²) in [5.41, 5.74) is 1.62. The zero-order valence-corrected chi connectivity index (χ0v) is 20.8. The summed E-state index contributed by atoms with van der Waals surface area (Å²) in [5, 5.41) is 2.85. The van der Waals surface area contributed by atoms with Gasteiger partial charge in [0.15, 0.2) is 0 Å². The maximum Gasteiger partial charge on any atom is 0.255 e. The lowest BCUT2D eigenvalue weighted by molar-refractivity contribution is 0.102. The van der Waals surface area contributed by atoms with Gasteiger partial charge in [-0.1, -0.05) is 12.5 Å². The highest BCUT2D eigenvalue weighted by Gasteiger charge is 2.27. The fraction of sp³-hybridized carbons (Fsp3) is 0.296. The Labute approximate surface area is 206 Å². The second-order valence-electron chi connectivity index (χ2n) is 8.43. The lowest BCUT2D eigenvalue weighted by Gasteiger charge is -2.26. The van der Waals surface area contributed by atoms with Crippen LogP contribution in [0.2, 0.25) is 0 Å². The normalized spacial score (nSPS) is 14.3. The molecular weight excluding hydrogens is 464 g/mol. The molecule has 0 spiro atoms. The number of amides is 1. The third-order valence-corrected chi connectivity index (χ3v) is 7.78.